The second kappa shape index (κ2) is 7.21. The van der Waals surface area contributed by atoms with E-state index in [1.165, 1.54) is 18.1 Å². The van der Waals surface area contributed by atoms with Crippen LogP contribution in [-0.2, 0) is 4.43 Å². The minimum absolute atomic E-state index is 0.362. The molecule has 0 aliphatic heterocycles. The molecule has 0 amide bonds. The summed E-state index contributed by atoms with van der Waals surface area (Å²) in [6.07, 6.45) is 3.34. The molecule has 0 bridgehead atoms. The minimum atomic E-state index is -1.42. The highest BCUT2D eigenvalue weighted by Gasteiger charge is 2.27. The lowest BCUT2D eigenvalue weighted by Crippen LogP contribution is -2.35. The molecule has 0 fully saturated rings. The fourth-order valence-corrected chi connectivity index (χ4v) is 4.10. The van der Waals surface area contributed by atoms with Gasteiger partial charge in [-0.15, -0.1) is 0 Å². The van der Waals surface area contributed by atoms with Crippen molar-refractivity contribution in [3.8, 4) is 0 Å². The van der Waals surface area contributed by atoms with Crippen LogP contribution in [0.25, 0.3) is 0 Å². The van der Waals surface area contributed by atoms with Gasteiger partial charge < -0.3 is 9.53 Å². The van der Waals surface area contributed by atoms with Crippen LogP contribution in [0, 0.1) is 0 Å². The Balaban J connectivity index is 3.94. The van der Waals surface area contributed by atoms with Gasteiger partial charge in [0.2, 0.25) is 0 Å². The van der Waals surface area contributed by atoms with Crippen molar-refractivity contribution in [2.75, 3.05) is 6.61 Å². The summed E-state index contributed by atoms with van der Waals surface area (Å²) in [5, 5.41) is 9.02. The highest BCUT2D eigenvalue weighted by Crippen LogP contribution is 2.21. The minimum Gasteiger partial charge on any atom is -0.413 e. The van der Waals surface area contributed by atoms with Gasteiger partial charge in [-0.3, -0.25) is 0 Å². The third-order valence-corrected chi connectivity index (χ3v) is 7.48. The zero-order valence-electron chi connectivity index (χ0n) is 9.92. The average Bonchev–Trinajstić information content (AvgIpc) is 2.19. The van der Waals surface area contributed by atoms with Gasteiger partial charge in [-0.05, 0) is 25.1 Å². The highest BCUT2D eigenvalue weighted by molar-refractivity contribution is 6.73. The fourth-order valence-electron chi connectivity index (χ4n) is 1.53. The van der Waals surface area contributed by atoms with Gasteiger partial charge in [0.05, 0.1) is 12.7 Å². The maximum Gasteiger partial charge on any atom is 0.192 e. The molecule has 0 aliphatic carbocycles. The summed E-state index contributed by atoms with van der Waals surface area (Å²) >= 11 is 0. The molecule has 0 aromatic carbocycles. The highest BCUT2D eigenvalue weighted by atomic mass is 28.4. The molecule has 0 rings (SSSR count). The SMILES string of the molecule is CC[Si](CC)(CC)OC/C=C\C(C)O. The topological polar surface area (TPSA) is 29.5 Å². The largest absolute Gasteiger partial charge is 0.413 e. The van der Waals surface area contributed by atoms with Crippen LogP contribution in [0.15, 0.2) is 12.2 Å². The summed E-state index contributed by atoms with van der Waals surface area (Å²) in [7, 11) is -1.42. The zero-order valence-corrected chi connectivity index (χ0v) is 10.9. The molecule has 0 heterocycles. The fraction of sp³-hybridized carbons (Fsp3) is 0.818. The Hall–Kier alpha value is -0.123. The van der Waals surface area contributed by atoms with E-state index >= 15 is 0 Å². The van der Waals surface area contributed by atoms with Crippen LogP contribution in [0.5, 0.6) is 0 Å². The summed E-state index contributed by atoms with van der Waals surface area (Å²) in [4.78, 5) is 0. The molecular formula is C11H24O2Si. The van der Waals surface area contributed by atoms with E-state index in [9.17, 15) is 0 Å². The van der Waals surface area contributed by atoms with Crippen LogP contribution in [0.2, 0.25) is 18.1 Å². The van der Waals surface area contributed by atoms with Crippen molar-refractivity contribution in [2.24, 2.45) is 0 Å². The van der Waals surface area contributed by atoms with E-state index in [0.717, 1.165) is 0 Å². The van der Waals surface area contributed by atoms with Crippen molar-refractivity contribution in [2.45, 2.75) is 51.9 Å². The Bertz CT molecular complexity index is 154. The predicted molar refractivity (Wildman–Crippen MR) is 64.0 cm³/mol. The van der Waals surface area contributed by atoms with E-state index in [1.54, 1.807) is 13.0 Å². The van der Waals surface area contributed by atoms with Crippen molar-refractivity contribution in [1.29, 1.82) is 0 Å². The maximum absolute atomic E-state index is 9.02. The van der Waals surface area contributed by atoms with Gasteiger partial charge in [0.25, 0.3) is 0 Å². The lowest BCUT2D eigenvalue weighted by molar-refractivity contribution is 0.242. The van der Waals surface area contributed by atoms with Crippen molar-refractivity contribution >= 4 is 8.32 Å². The van der Waals surface area contributed by atoms with Crippen LogP contribution < -0.4 is 0 Å². The number of aliphatic hydroxyl groups excluding tert-OH is 1. The van der Waals surface area contributed by atoms with Crippen LogP contribution in [0.1, 0.15) is 27.7 Å². The maximum atomic E-state index is 9.02. The van der Waals surface area contributed by atoms with Gasteiger partial charge in [0.15, 0.2) is 8.32 Å². The molecule has 0 radical (unpaired) electrons. The van der Waals surface area contributed by atoms with Gasteiger partial charge in [0, 0.05) is 0 Å². The lowest BCUT2D eigenvalue weighted by Gasteiger charge is -2.27. The molecule has 14 heavy (non-hydrogen) atoms. The molecule has 84 valence electrons. The average molecular weight is 216 g/mol. The van der Waals surface area contributed by atoms with Crippen LogP contribution >= 0.6 is 0 Å². The summed E-state index contributed by atoms with van der Waals surface area (Å²) < 4.78 is 5.97. The van der Waals surface area contributed by atoms with Gasteiger partial charge in [-0.2, -0.15) is 0 Å². The molecule has 0 spiro atoms. The van der Waals surface area contributed by atoms with E-state index in [0.29, 0.717) is 6.61 Å². The first-order chi connectivity index (χ1) is 6.60. The van der Waals surface area contributed by atoms with Crippen molar-refractivity contribution in [1.82, 2.24) is 0 Å². The first-order valence-corrected chi connectivity index (χ1v) is 8.11. The summed E-state index contributed by atoms with van der Waals surface area (Å²) in [5.41, 5.74) is 0. The van der Waals surface area contributed by atoms with E-state index in [1.807, 2.05) is 6.08 Å². The predicted octanol–water partition coefficient (Wildman–Crippen LogP) is 2.95. The Kier molecular flexibility index (Phi) is 7.14. The molecule has 0 saturated carbocycles. The molecule has 1 N–H and O–H groups in total. The summed E-state index contributed by atoms with van der Waals surface area (Å²) in [6, 6.07) is 3.55. The van der Waals surface area contributed by atoms with Gasteiger partial charge in [-0.1, -0.05) is 32.9 Å². The number of aliphatic hydroxyl groups is 1. The van der Waals surface area contributed by atoms with Crippen LogP contribution in [0.4, 0.5) is 0 Å². The molecule has 0 aromatic heterocycles. The first-order valence-electron chi connectivity index (χ1n) is 5.59. The monoisotopic (exact) mass is 216 g/mol. The van der Waals surface area contributed by atoms with E-state index in [-0.39, 0.29) is 6.10 Å². The van der Waals surface area contributed by atoms with E-state index < -0.39 is 8.32 Å². The number of hydrogen-bond donors (Lipinski definition) is 1. The first kappa shape index (κ1) is 13.9. The summed E-state index contributed by atoms with van der Waals surface area (Å²) in [5.74, 6) is 0. The standard InChI is InChI=1S/C11H24O2Si/c1-5-14(6-2,7-3)13-10-8-9-11(4)12/h8-9,11-12H,5-7,10H2,1-4H3/b9-8-. The Morgan fingerprint density at radius 2 is 1.71 bits per heavy atom. The second-order valence-electron chi connectivity index (χ2n) is 3.72. The van der Waals surface area contributed by atoms with Gasteiger partial charge in [0.1, 0.15) is 0 Å². The molecule has 0 aliphatic rings. The lowest BCUT2D eigenvalue weighted by atomic mass is 10.4. The van der Waals surface area contributed by atoms with Crippen molar-refractivity contribution in [3.63, 3.8) is 0 Å². The third-order valence-electron chi connectivity index (χ3n) is 2.83. The number of rotatable bonds is 7. The van der Waals surface area contributed by atoms with E-state index in [2.05, 4.69) is 20.8 Å². The second-order valence-corrected chi connectivity index (χ2v) is 8.50. The normalized spacial score (nSPS) is 14.9. The Morgan fingerprint density at radius 1 is 1.21 bits per heavy atom. The molecule has 0 aromatic rings. The Morgan fingerprint density at radius 3 is 2.07 bits per heavy atom. The molecule has 2 nitrogen and oxygen atoms in total. The van der Waals surface area contributed by atoms with E-state index in [4.69, 9.17) is 9.53 Å². The molecule has 0 saturated heterocycles. The Labute approximate surface area is 89.1 Å². The molecule has 1 unspecified atom stereocenters. The van der Waals surface area contributed by atoms with Gasteiger partial charge >= 0.3 is 0 Å². The van der Waals surface area contributed by atoms with Crippen molar-refractivity contribution in [3.05, 3.63) is 12.2 Å². The smallest absolute Gasteiger partial charge is 0.192 e. The van der Waals surface area contributed by atoms with Gasteiger partial charge in [-0.25, -0.2) is 0 Å². The summed E-state index contributed by atoms with van der Waals surface area (Å²) in [6.45, 7) is 9.07. The van der Waals surface area contributed by atoms with Crippen molar-refractivity contribution < 1.29 is 9.53 Å². The third kappa shape index (κ3) is 4.93. The molecular weight excluding hydrogens is 192 g/mol. The van der Waals surface area contributed by atoms with Crippen LogP contribution in [-0.4, -0.2) is 26.1 Å². The zero-order chi connectivity index (χ0) is 11.0. The number of hydrogen-bond acceptors (Lipinski definition) is 2. The molecule has 3 heteroatoms. The quantitative estimate of drug-likeness (QED) is 0.524. The molecule has 1 atom stereocenters. The van der Waals surface area contributed by atoms with Crippen LogP contribution in [0.3, 0.4) is 0 Å².